The number of nitrogens with zero attached hydrogens (tertiary/aromatic N) is 2. The van der Waals surface area contributed by atoms with Crippen molar-refractivity contribution in [3.05, 3.63) is 78.0 Å². The highest BCUT2D eigenvalue weighted by Crippen LogP contribution is 2.23. The van der Waals surface area contributed by atoms with Crippen LogP contribution in [0.3, 0.4) is 0 Å². The molecule has 1 aliphatic rings. The summed E-state index contributed by atoms with van der Waals surface area (Å²) in [6.07, 6.45) is 1.45. The van der Waals surface area contributed by atoms with Gasteiger partial charge in [-0.05, 0) is 29.8 Å². The molecule has 0 saturated carbocycles. The first-order valence-corrected chi connectivity index (χ1v) is 11.0. The molecule has 2 amide bonds. The van der Waals surface area contributed by atoms with Crippen molar-refractivity contribution in [3.63, 3.8) is 0 Å². The van der Waals surface area contributed by atoms with Crippen LogP contribution in [0.2, 0.25) is 0 Å². The molecule has 176 valence electrons. The number of nitrogens with one attached hydrogen (secondary N) is 2. The number of anilines is 3. The minimum absolute atomic E-state index is 0.0145. The van der Waals surface area contributed by atoms with Crippen LogP contribution in [0.1, 0.15) is 15.9 Å². The Labute approximate surface area is 197 Å². The maximum atomic E-state index is 12.2. The molecule has 1 fully saturated rings. The van der Waals surface area contributed by atoms with Crippen molar-refractivity contribution in [3.8, 4) is 5.75 Å². The quantitative estimate of drug-likeness (QED) is 0.448. The van der Waals surface area contributed by atoms with Gasteiger partial charge in [0.1, 0.15) is 11.6 Å². The van der Waals surface area contributed by atoms with Crippen LogP contribution in [0, 0.1) is 0 Å². The van der Waals surface area contributed by atoms with E-state index in [1.54, 1.807) is 23.1 Å². The highest BCUT2D eigenvalue weighted by molar-refractivity contribution is 5.98. The summed E-state index contributed by atoms with van der Waals surface area (Å²) >= 11 is 0. The van der Waals surface area contributed by atoms with Crippen LogP contribution in [0.5, 0.6) is 5.75 Å². The maximum absolute atomic E-state index is 12.2. The van der Waals surface area contributed by atoms with E-state index in [4.69, 9.17) is 15.2 Å². The van der Waals surface area contributed by atoms with Gasteiger partial charge in [0.2, 0.25) is 0 Å². The molecule has 0 unspecified atom stereocenters. The van der Waals surface area contributed by atoms with Gasteiger partial charge in [0.05, 0.1) is 24.5 Å². The molecular formula is C25H27N5O4. The van der Waals surface area contributed by atoms with Gasteiger partial charge >= 0.3 is 0 Å². The third kappa shape index (κ3) is 6.23. The van der Waals surface area contributed by atoms with Crippen molar-refractivity contribution in [1.82, 2.24) is 9.88 Å². The fourth-order valence-electron chi connectivity index (χ4n) is 3.49. The number of primary amides is 1. The third-order valence-electron chi connectivity index (χ3n) is 5.35. The molecule has 3 aromatic rings. The SMILES string of the molecule is NC(=O)c1cnc(Nc2ccc(OCC(=O)N3CCOCC3)cc2)cc1NCc1ccccc1. The van der Waals surface area contributed by atoms with Gasteiger partial charge in [-0.1, -0.05) is 30.3 Å². The molecule has 9 nitrogen and oxygen atoms in total. The van der Waals surface area contributed by atoms with E-state index < -0.39 is 5.91 Å². The second-order valence-corrected chi connectivity index (χ2v) is 7.75. The van der Waals surface area contributed by atoms with Gasteiger partial charge in [-0.2, -0.15) is 0 Å². The van der Waals surface area contributed by atoms with E-state index in [1.807, 2.05) is 42.5 Å². The summed E-state index contributed by atoms with van der Waals surface area (Å²) in [6, 6.07) is 18.8. The predicted molar refractivity (Wildman–Crippen MR) is 129 cm³/mol. The van der Waals surface area contributed by atoms with E-state index in [-0.39, 0.29) is 12.5 Å². The number of benzene rings is 2. The number of hydrogen-bond donors (Lipinski definition) is 3. The smallest absolute Gasteiger partial charge is 0.260 e. The van der Waals surface area contributed by atoms with Crippen molar-refractivity contribution < 1.29 is 19.1 Å². The highest BCUT2D eigenvalue weighted by atomic mass is 16.5. The van der Waals surface area contributed by atoms with Gasteiger partial charge < -0.3 is 30.7 Å². The summed E-state index contributed by atoms with van der Waals surface area (Å²) in [7, 11) is 0. The van der Waals surface area contributed by atoms with Gasteiger partial charge in [-0.15, -0.1) is 0 Å². The second-order valence-electron chi connectivity index (χ2n) is 7.75. The van der Waals surface area contributed by atoms with E-state index in [0.29, 0.717) is 55.7 Å². The first-order valence-electron chi connectivity index (χ1n) is 11.0. The van der Waals surface area contributed by atoms with E-state index in [0.717, 1.165) is 11.3 Å². The minimum Gasteiger partial charge on any atom is -0.484 e. The molecule has 1 saturated heterocycles. The van der Waals surface area contributed by atoms with Crippen molar-refractivity contribution in [1.29, 1.82) is 0 Å². The Morgan fingerprint density at radius 3 is 2.50 bits per heavy atom. The van der Waals surface area contributed by atoms with Crippen molar-refractivity contribution in [2.75, 3.05) is 43.5 Å². The summed E-state index contributed by atoms with van der Waals surface area (Å²) in [5.74, 6) is 0.536. The standard InChI is InChI=1S/C25H27N5O4/c26-25(32)21-16-28-23(14-22(21)27-15-18-4-2-1-3-5-18)29-19-6-8-20(9-7-19)34-17-24(31)30-10-12-33-13-11-30/h1-9,14,16H,10-13,15,17H2,(H2,26,32)(H2,27,28,29). The van der Waals surface area contributed by atoms with E-state index in [2.05, 4.69) is 15.6 Å². The monoisotopic (exact) mass is 461 g/mol. The predicted octanol–water partition coefficient (Wildman–Crippen LogP) is 2.77. The number of amides is 2. The fourth-order valence-corrected chi connectivity index (χ4v) is 3.49. The molecule has 4 N–H and O–H groups in total. The number of pyridine rings is 1. The molecule has 1 aliphatic heterocycles. The molecule has 1 aromatic heterocycles. The van der Waals surface area contributed by atoms with Crippen molar-refractivity contribution in [2.24, 2.45) is 5.73 Å². The summed E-state index contributed by atoms with van der Waals surface area (Å²) < 4.78 is 10.9. The Balaban J connectivity index is 1.36. The van der Waals surface area contributed by atoms with Gasteiger partial charge in [0.25, 0.3) is 11.8 Å². The molecule has 2 heterocycles. The number of aromatic nitrogens is 1. The zero-order chi connectivity index (χ0) is 23.8. The Kier molecular flexibility index (Phi) is 7.56. The molecule has 0 spiro atoms. The first kappa shape index (κ1) is 23.1. The molecule has 2 aromatic carbocycles. The van der Waals surface area contributed by atoms with Crippen molar-refractivity contribution in [2.45, 2.75) is 6.54 Å². The van der Waals surface area contributed by atoms with Crippen LogP contribution in [-0.4, -0.2) is 54.6 Å². The third-order valence-corrected chi connectivity index (χ3v) is 5.35. The van der Waals surface area contributed by atoms with Gasteiger partial charge in [0.15, 0.2) is 6.61 Å². The second kappa shape index (κ2) is 11.2. The summed E-state index contributed by atoms with van der Waals surface area (Å²) in [4.78, 5) is 30.1. The van der Waals surface area contributed by atoms with E-state index in [1.165, 1.54) is 6.20 Å². The molecule has 9 heteroatoms. The lowest BCUT2D eigenvalue weighted by molar-refractivity contribution is -0.137. The largest absolute Gasteiger partial charge is 0.484 e. The summed E-state index contributed by atoms with van der Waals surface area (Å²) in [5, 5.41) is 6.46. The fraction of sp³-hybridized carbons (Fsp3) is 0.240. The molecule has 0 radical (unpaired) electrons. The van der Waals surface area contributed by atoms with Crippen molar-refractivity contribution >= 4 is 29.0 Å². The van der Waals surface area contributed by atoms with Crippen LogP contribution in [0.15, 0.2) is 66.9 Å². The number of carbonyl (C=O) groups is 2. The average molecular weight is 462 g/mol. The molecule has 4 rings (SSSR count). The van der Waals surface area contributed by atoms with Crippen LogP contribution < -0.4 is 21.1 Å². The molecule has 0 bridgehead atoms. The Hall–Kier alpha value is -4.11. The molecule has 0 aliphatic carbocycles. The van der Waals surface area contributed by atoms with Crippen LogP contribution in [-0.2, 0) is 16.1 Å². The highest BCUT2D eigenvalue weighted by Gasteiger charge is 2.17. The number of carbonyl (C=O) groups excluding carboxylic acids is 2. The molecular weight excluding hydrogens is 434 g/mol. The number of nitrogens with two attached hydrogens (primary N) is 1. The van der Waals surface area contributed by atoms with Crippen LogP contribution >= 0.6 is 0 Å². The lowest BCUT2D eigenvalue weighted by atomic mass is 10.2. The minimum atomic E-state index is -0.553. The van der Waals surface area contributed by atoms with Crippen LogP contribution in [0.4, 0.5) is 17.2 Å². The lowest BCUT2D eigenvalue weighted by Crippen LogP contribution is -2.42. The van der Waals surface area contributed by atoms with Crippen LogP contribution in [0.25, 0.3) is 0 Å². The Morgan fingerprint density at radius 2 is 1.79 bits per heavy atom. The Morgan fingerprint density at radius 1 is 1.06 bits per heavy atom. The number of hydrogen-bond acceptors (Lipinski definition) is 7. The normalized spacial score (nSPS) is 13.2. The van der Waals surface area contributed by atoms with E-state index in [9.17, 15) is 9.59 Å². The maximum Gasteiger partial charge on any atom is 0.260 e. The average Bonchev–Trinajstić information content (AvgIpc) is 2.88. The lowest BCUT2D eigenvalue weighted by Gasteiger charge is -2.26. The van der Waals surface area contributed by atoms with Gasteiger partial charge in [0, 0.05) is 37.6 Å². The zero-order valence-electron chi connectivity index (χ0n) is 18.7. The summed E-state index contributed by atoms with van der Waals surface area (Å²) in [5.41, 5.74) is 8.28. The number of rotatable bonds is 9. The Bertz CT molecular complexity index is 1120. The molecule has 0 atom stereocenters. The van der Waals surface area contributed by atoms with Gasteiger partial charge in [-0.25, -0.2) is 4.98 Å². The number of morpholine rings is 1. The van der Waals surface area contributed by atoms with E-state index >= 15 is 0 Å². The number of ether oxygens (including phenoxy) is 2. The summed E-state index contributed by atoms with van der Waals surface area (Å²) in [6.45, 7) is 2.83. The molecule has 34 heavy (non-hydrogen) atoms. The zero-order valence-corrected chi connectivity index (χ0v) is 18.7. The topological polar surface area (TPSA) is 119 Å². The van der Waals surface area contributed by atoms with Gasteiger partial charge in [-0.3, -0.25) is 9.59 Å². The first-order chi connectivity index (χ1) is 16.6.